The summed E-state index contributed by atoms with van der Waals surface area (Å²) < 4.78 is 19.0. The molecule has 1 aliphatic rings. The zero-order chi connectivity index (χ0) is 18.6. The molecule has 1 aromatic carbocycles. The minimum absolute atomic E-state index is 0.0687. The van der Waals surface area contributed by atoms with Gasteiger partial charge in [-0.1, -0.05) is 11.6 Å². The summed E-state index contributed by atoms with van der Waals surface area (Å²) in [6.45, 7) is 5.48. The third kappa shape index (κ3) is 5.79. The summed E-state index contributed by atoms with van der Waals surface area (Å²) in [6.07, 6.45) is 2.83. The maximum Gasteiger partial charge on any atom is 0.407 e. The van der Waals surface area contributed by atoms with Crippen molar-refractivity contribution in [2.75, 3.05) is 5.32 Å². The lowest BCUT2D eigenvalue weighted by Crippen LogP contribution is -2.42. The van der Waals surface area contributed by atoms with Crippen molar-refractivity contribution in [3.05, 3.63) is 28.5 Å². The van der Waals surface area contributed by atoms with Gasteiger partial charge in [-0.05, 0) is 58.6 Å². The van der Waals surface area contributed by atoms with Crippen molar-refractivity contribution in [3.63, 3.8) is 0 Å². The summed E-state index contributed by atoms with van der Waals surface area (Å²) >= 11 is 6.10. The highest BCUT2D eigenvalue weighted by Gasteiger charge is 2.25. The van der Waals surface area contributed by atoms with Crippen LogP contribution < -0.4 is 10.6 Å². The van der Waals surface area contributed by atoms with E-state index >= 15 is 0 Å². The van der Waals surface area contributed by atoms with Gasteiger partial charge in [0.2, 0.25) is 0 Å². The van der Waals surface area contributed by atoms with Crippen LogP contribution in [0, 0.1) is 17.1 Å². The Labute approximate surface area is 152 Å². The molecule has 0 bridgehead atoms. The van der Waals surface area contributed by atoms with Crippen molar-refractivity contribution < 1.29 is 13.9 Å². The van der Waals surface area contributed by atoms with Crippen LogP contribution in [0.4, 0.5) is 14.9 Å². The number of carbonyl (C=O) groups is 1. The van der Waals surface area contributed by atoms with E-state index in [9.17, 15) is 9.18 Å². The van der Waals surface area contributed by atoms with Crippen molar-refractivity contribution in [1.29, 1.82) is 5.26 Å². The SMILES string of the molecule is CC(C)(C)OC(=O)NC1CCC(Nc2cc(F)c(C#N)cc2Cl)CC1. The van der Waals surface area contributed by atoms with Crippen LogP contribution in [0.3, 0.4) is 0 Å². The third-order valence-electron chi connectivity index (χ3n) is 3.98. The Morgan fingerprint density at radius 1 is 1.28 bits per heavy atom. The number of hydrogen-bond acceptors (Lipinski definition) is 4. The number of benzene rings is 1. The first-order valence-corrected chi connectivity index (χ1v) is 8.71. The van der Waals surface area contributed by atoms with Gasteiger partial charge in [0.05, 0.1) is 16.3 Å². The van der Waals surface area contributed by atoms with Gasteiger partial charge in [-0.2, -0.15) is 5.26 Å². The van der Waals surface area contributed by atoms with Gasteiger partial charge >= 0.3 is 6.09 Å². The lowest BCUT2D eigenvalue weighted by Gasteiger charge is -2.31. The molecule has 0 saturated heterocycles. The van der Waals surface area contributed by atoms with Gasteiger partial charge in [0.25, 0.3) is 0 Å². The molecule has 0 radical (unpaired) electrons. The van der Waals surface area contributed by atoms with Gasteiger partial charge < -0.3 is 15.4 Å². The predicted molar refractivity (Wildman–Crippen MR) is 95.2 cm³/mol. The van der Waals surface area contributed by atoms with Gasteiger partial charge in [0.1, 0.15) is 17.5 Å². The van der Waals surface area contributed by atoms with E-state index in [4.69, 9.17) is 21.6 Å². The molecule has 0 heterocycles. The van der Waals surface area contributed by atoms with Crippen LogP contribution in [0.15, 0.2) is 12.1 Å². The fourth-order valence-corrected chi connectivity index (χ4v) is 3.04. The van der Waals surface area contributed by atoms with E-state index in [0.717, 1.165) is 25.7 Å². The summed E-state index contributed by atoms with van der Waals surface area (Å²) in [5.74, 6) is -0.588. The van der Waals surface area contributed by atoms with E-state index < -0.39 is 17.5 Å². The number of nitrogens with zero attached hydrogens (tertiary/aromatic N) is 1. The lowest BCUT2D eigenvalue weighted by molar-refractivity contribution is 0.0492. The molecule has 0 aromatic heterocycles. The quantitative estimate of drug-likeness (QED) is 0.818. The Kier molecular flexibility index (Phi) is 6.12. The van der Waals surface area contributed by atoms with Crippen LogP contribution in [-0.4, -0.2) is 23.8 Å². The van der Waals surface area contributed by atoms with E-state index in [2.05, 4.69) is 10.6 Å². The molecule has 0 aliphatic heterocycles. The molecule has 2 rings (SSSR count). The van der Waals surface area contributed by atoms with E-state index in [1.807, 2.05) is 20.8 Å². The molecule has 1 aliphatic carbocycles. The van der Waals surface area contributed by atoms with Crippen LogP contribution in [-0.2, 0) is 4.74 Å². The molecule has 25 heavy (non-hydrogen) atoms. The summed E-state index contributed by atoms with van der Waals surface area (Å²) in [6, 6.07) is 4.56. The van der Waals surface area contributed by atoms with Crippen LogP contribution in [0.5, 0.6) is 0 Å². The first-order valence-electron chi connectivity index (χ1n) is 8.33. The van der Waals surface area contributed by atoms with E-state index in [1.54, 1.807) is 6.07 Å². The van der Waals surface area contributed by atoms with Gasteiger partial charge in [0.15, 0.2) is 0 Å². The Balaban J connectivity index is 1.86. The zero-order valence-electron chi connectivity index (χ0n) is 14.7. The van der Waals surface area contributed by atoms with Gasteiger partial charge in [-0.3, -0.25) is 0 Å². The van der Waals surface area contributed by atoms with E-state index in [1.165, 1.54) is 12.1 Å². The Morgan fingerprint density at radius 2 is 1.88 bits per heavy atom. The maximum absolute atomic E-state index is 13.7. The topological polar surface area (TPSA) is 74.2 Å². The van der Waals surface area contributed by atoms with Crippen LogP contribution >= 0.6 is 11.6 Å². The first kappa shape index (κ1) is 19.3. The molecule has 0 unspecified atom stereocenters. The normalized spacial score (nSPS) is 20.5. The number of carbonyl (C=O) groups excluding carboxylic acids is 1. The minimum Gasteiger partial charge on any atom is -0.444 e. The van der Waals surface area contributed by atoms with Crippen LogP contribution in [0.25, 0.3) is 0 Å². The number of hydrogen-bond donors (Lipinski definition) is 2. The number of ether oxygens (including phenoxy) is 1. The average molecular weight is 368 g/mol. The highest BCUT2D eigenvalue weighted by molar-refractivity contribution is 6.33. The molecular weight excluding hydrogens is 345 g/mol. The molecule has 1 amide bonds. The number of amides is 1. The second kappa shape index (κ2) is 7.92. The standard InChI is InChI=1S/C18H23ClFN3O2/c1-18(2,3)25-17(24)23-13-6-4-12(5-7-13)22-16-9-15(20)11(10-21)8-14(16)19/h8-9,12-13,22H,4-7H2,1-3H3,(H,23,24). The fraction of sp³-hybridized carbons (Fsp3) is 0.556. The Morgan fingerprint density at radius 3 is 2.44 bits per heavy atom. The molecule has 1 fully saturated rings. The third-order valence-corrected chi connectivity index (χ3v) is 4.30. The smallest absolute Gasteiger partial charge is 0.407 e. The molecule has 136 valence electrons. The molecule has 2 N–H and O–H groups in total. The number of anilines is 1. The monoisotopic (exact) mass is 367 g/mol. The number of halogens is 2. The van der Waals surface area contributed by atoms with Crippen LogP contribution in [0.1, 0.15) is 52.0 Å². The van der Waals surface area contributed by atoms with Crippen LogP contribution in [0.2, 0.25) is 5.02 Å². The largest absolute Gasteiger partial charge is 0.444 e. The summed E-state index contributed by atoms with van der Waals surface area (Å²) in [4.78, 5) is 11.8. The predicted octanol–water partition coefficient (Wildman–Crippen LogP) is 4.60. The average Bonchev–Trinajstić information content (AvgIpc) is 2.50. The minimum atomic E-state index is -0.588. The van der Waals surface area contributed by atoms with Crippen molar-refractivity contribution in [3.8, 4) is 6.07 Å². The second-order valence-electron chi connectivity index (χ2n) is 7.26. The fourth-order valence-electron chi connectivity index (χ4n) is 2.82. The highest BCUT2D eigenvalue weighted by Crippen LogP contribution is 2.29. The number of nitriles is 1. The molecule has 1 aromatic rings. The maximum atomic E-state index is 13.7. The van der Waals surface area contributed by atoms with Gasteiger partial charge in [-0.25, -0.2) is 9.18 Å². The lowest BCUT2D eigenvalue weighted by atomic mass is 9.91. The zero-order valence-corrected chi connectivity index (χ0v) is 15.4. The molecule has 0 atom stereocenters. The Hall–Kier alpha value is -2.00. The van der Waals surface area contributed by atoms with Crippen molar-refractivity contribution in [2.24, 2.45) is 0 Å². The van der Waals surface area contributed by atoms with Gasteiger partial charge in [-0.15, -0.1) is 0 Å². The van der Waals surface area contributed by atoms with Crippen molar-refractivity contribution in [2.45, 2.75) is 64.1 Å². The molecule has 0 spiro atoms. The molecule has 7 heteroatoms. The summed E-state index contributed by atoms with van der Waals surface area (Å²) in [5.41, 5.74) is -0.0956. The molecule has 1 saturated carbocycles. The second-order valence-corrected chi connectivity index (χ2v) is 7.67. The molecule has 5 nitrogen and oxygen atoms in total. The van der Waals surface area contributed by atoms with Crippen molar-refractivity contribution >= 4 is 23.4 Å². The summed E-state index contributed by atoms with van der Waals surface area (Å²) in [5, 5.41) is 15.3. The van der Waals surface area contributed by atoms with E-state index in [-0.39, 0.29) is 17.6 Å². The highest BCUT2D eigenvalue weighted by atomic mass is 35.5. The van der Waals surface area contributed by atoms with E-state index in [0.29, 0.717) is 10.7 Å². The first-order chi connectivity index (χ1) is 11.7. The molecular formula is C18H23ClFN3O2. The Bertz CT molecular complexity index is 674. The van der Waals surface area contributed by atoms with Gasteiger partial charge in [0, 0.05) is 12.1 Å². The van der Waals surface area contributed by atoms with Crippen molar-refractivity contribution in [1.82, 2.24) is 5.32 Å². The summed E-state index contributed by atoms with van der Waals surface area (Å²) in [7, 11) is 0. The number of alkyl carbamates (subject to hydrolysis) is 1. The number of rotatable bonds is 3. The number of nitrogens with one attached hydrogen (secondary N) is 2.